The van der Waals surface area contributed by atoms with Crippen LogP contribution in [0.1, 0.15) is 5.56 Å². The number of fused-ring (bicyclic) bond motifs is 1. The Morgan fingerprint density at radius 3 is 2.55 bits per heavy atom. The maximum absolute atomic E-state index is 12.3. The number of pyridine rings is 1. The lowest BCUT2D eigenvalue weighted by molar-refractivity contribution is 0.252. The van der Waals surface area contributed by atoms with Crippen LogP contribution in [0, 0.1) is 0 Å². The van der Waals surface area contributed by atoms with Gasteiger partial charge in [0.25, 0.3) is 0 Å². The van der Waals surface area contributed by atoms with Crippen LogP contribution in [0.5, 0.6) is 0 Å². The summed E-state index contributed by atoms with van der Waals surface area (Å²) in [6.45, 7) is 0.355. The third-order valence-electron chi connectivity index (χ3n) is 4.61. The molecule has 4 rings (SSSR count). The molecule has 0 atom stereocenters. The second kappa shape index (κ2) is 8.52. The summed E-state index contributed by atoms with van der Waals surface area (Å²) in [4.78, 5) is 16.6. The van der Waals surface area contributed by atoms with Gasteiger partial charge in [0.15, 0.2) is 0 Å². The molecule has 1 aromatic heterocycles. The minimum atomic E-state index is -0.349. The summed E-state index contributed by atoms with van der Waals surface area (Å²) >= 11 is 12.0. The Morgan fingerprint density at radius 1 is 0.931 bits per heavy atom. The van der Waals surface area contributed by atoms with Crippen molar-refractivity contribution in [2.75, 3.05) is 5.32 Å². The summed E-state index contributed by atoms with van der Waals surface area (Å²) in [6.07, 6.45) is 3.61. The number of nitrogens with one attached hydrogen (secondary N) is 2. The molecule has 0 aliphatic carbocycles. The van der Waals surface area contributed by atoms with Gasteiger partial charge in [0.05, 0.1) is 10.7 Å². The van der Waals surface area contributed by atoms with Crippen LogP contribution in [-0.2, 0) is 6.54 Å². The van der Waals surface area contributed by atoms with Crippen molar-refractivity contribution in [3.8, 4) is 11.1 Å². The van der Waals surface area contributed by atoms with E-state index in [4.69, 9.17) is 23.2 Å². The summed E-state index contributed by atoms with van der Waals surface area (Å²) in [5, 5.41) is 8.59. The van der Waals surface area contributed by atoms with Crippen LogP contribution < -0.4 is 10.6 Å². The van der Waals surface area contributed by atoms with Crippen molar-refractivity contribution in [1.29, 1.82) is 0 Å². The van der Waals surface area contributed by atoms with Crippen molar-refractivity contribution in [2.45, 2.75) is 6.54 Å². The average molecular weight is 422 g/mol. The van der Waals surface area contributed by atoms with E-state index in [1.54, 1.807) is 24.4 Å². The van der Waals surface area contributed by atoms with E-state index in [0.29, 0.717) is 22.3 Å². The Balaban J connectivity index is 1.55. The fraction of sp³-hybridized carbons (Fsp3) is 0.0435. The van der Waals surface area contributed by atoms with Crippen LogP contribution >= 0.6 is 23.2 Å². The van der Waals surface area contributed by atoms with Gasteiger partial charge < -0.3 is 10.6 Å². The average Bonchev–Trinajstić information content (AvgIpc) is 2.74. The summed E-state index contributed by atoms with van der Waals surface area (Å²) in [5.41, 5.74) is 3.74. The van der Waals surface area contributed by atoms with Crippen molar-refractivity contribution >= 4 is 45.7 Å². The number of hydrogen-bond acceptors (Lipinski definition) is 2. The second-order valence-corrected chi connectivity index (χ2v) is 7.34. The molecule has 3 aromatic carbocycles. The van der Waals surface area contributed by atoms with E-state index in [9.17, 15) is 4.79 Å². The van der Waals surface area contributed by atoms with E-state index in [1.807, 2.05) is 36.5 Å². The fourth-order valence-electron chi connectivity index (χ4n) is 3.21. The number of carbonyl (C=O) groups is 1. The smallest absolute Gasteiger partial charge is 0.319 e. The Hall–Kier alpha value is -3.08. The largest absolute Gasteiger partial charge is 0.334 e. The zero-order chi connectivity index (χ0) is 20.2. The highest BCUT2D eigenvalue weighted by Crippen LogP contribution is 2.30. The van der Waals surface area contributed by atoms with Gasteiger partial charge in [-0.2, -0.15) is 0 Å². The van der Waals surface area contributed by atoms with Crippen molar-refractivity contribution in [2.24, 2.45) is 0 Å². The van der Waals surface area contributed by atoms with Gasteiger partial charge in [-0.05, 0) is 46.3 Å². The summed E-state index contributed by atoms with van der Waals surface area (Å²) < 4.78 is 0. The molecular weight excluding hydrogens is 405 g/mol. The quantitative estimate of drug-likeness (QED) is 0.393. The van der Waals surface area contributed by atoms with Gasteiger partial charge in [0.1, 0.15) is 0 Å². The van der Waals surface area contributed by atoms with Gasteiger partial charge in [0.2, 0.25) is 0 Å². The second-order valence-electron chi connectivity index (χ2n) is 6.49. The Labute approximate surface area is 178 Å². The van der Waals surface area contributed by atoms with E-state index in [-0.39, 0.29) is 6.03 Å². The minimum absolute atomic E-state index is 0.349. The molecule has 2 amide bonds. The van der Waals surface area contributed by atoms with Crippen LogP contribution in [0.2, 0.25) is 10.0 Å². The van der Waals surface area contributed by atoms with Crippen LogP contribution in [0.4, 0.5) is 10.5 Å². The van der Waals surface area contributed by atoms with Gasteiger partial charge in [-0.25, -0.2) is 4.79 Å². The standard InChI is InChI=1S/C23H17Cl2N3O/c24-17-7-9-22(21(25)12-17)28-23(29)27-13-16-6-8-18(15-4-2-1-3-5-15)19-10-11-26-14-20(16)19/h1-12,14H,13H2,(H2,27,28,29). The number of carbonyl (C=O) groups excluding carboxylic acids is 1. The zero-order valence-corrected chi connectivity index (χ0v) is 16.8. The first-order chi connectivity index (χ1) is 14.1. The monoisotopic (exact) mass is 421 g/mol. The first kappa shape index (κ1) is 19.2. The van der Waals surface area contributed by atoms with Gasteiger partial charge in [0, 0.05) is 29.3 Å². The molecule has 2 N–H and O–H groups in total. The van der Waals surface area contributed by atoms with Crippen molar-refractivity contribution in [3.05, 3.63) is 94.7 Å². The fourth-order valence-corrected chi connectivity index (χ4v) is 3.66. The SMILES string of the molecule is O=C(NCc1ccc(-c2ccccc2)c2ccncc12)Nc1ccc(Cl)cc1Cl. The highest BCUT2D eigenvalue weighted by molar-refractivity contribution is 6.36. The Bertz CT molecular complexity index is 1180. The molecule has 1 heterocycles. The molecule has 0 bridgehead atoms. The van der Waals surface area contributed by atoms with Crippen LogP contribution in [-0.4, -0.2) is 11.0 Å². The number of benzene rings is 3. The number of amides is 2. The van der Waals surface area contributed by atoms with E-state index < -0.39 is 0 Å². The van der Waals surface area contributed by atoms with Crippen LogP contribution in [0.25, 0.3) is 21.9 Å². The number of hydrogen-bond donors (Lipinski definition) is 2. The molecule has 4 nitrogen and oxygen atoms in total. The highest BCUT2D eigenvalue weighted by Gasteiger charge is 2.10. The molecule has 0 spiro atoms. The lowest BCUT2D eigenvalue weighted by atomic mass is 9.96. The van der Waals surface area contributed by atoms with Crippen molar-refractivity contribution < 1.29 is 4.79 Å². The van der Waals surface area contributed by atoms with Crippen LogP contribution in [0.3, 0.4) is 0 Å². The number of rotatable bonds is 4. The molecule has 0 saturated heterocycles. The van der Waals surface area contributed by atoms with Gasteiger partial charge in [-0.1, -0.05) is 65.7 Å². The lowest BCUT2D eigenvalue weighted by Gasteiger charge is -2.13. The van der Waals surface area contributed by atoms with Crippen molar-refractivity contribution in [1.82, 2.24) is 10.3 Å². The maximum Gasteiger partial charge on any atom is 0.319 e. The number of anilines is 1. The molecule has 0 radical (unpaired) electrons. The van der Waals surface area contributed by atoms with E-state index in [2.05, 4.69) is 33.8 Å². The number of aromatic nitrogens is 1. The summed E-state index contributed by atoms with van der Waals surface area (Å²) in [6, 6.07) is 20.8. The normalized spacial score (nSPS) is 10.7. The van der Waals surface area contributed by atoms with E-state index in [0.717, 1.165) is 27.5 Å². The van der Waals surface area contributed by atoms with Crippen LogP contribution in [0.15, 0.2) is 79.1 Å². The lowest BCUT2D eigenvalue weighted by Crippen LogP contribution is -2.28. The number of urea groups is 1. The van der Waals surface area contributed by atoms with Crippen molar-refractivity contribution in [3.63, 3.8) is 0 Å². The summed E-state index contributed by atoms with van der Waals surface area (Å²) in [5.74, 6) is 0. The molecule has 144 valence electrons. The summed E-state index contributed by atoms with van der Waals surface area (Å²) in [7, 11) is 0. The van der Waals surface area contributed by atoms with Gasteiger partial charge >= 0.3 is 6.03 Å². The maximum atomic E-state index is 12.3. The van der Waals surface area contributed by atoms with E-state index in [1.165, 1.54) is 0 Å². The molecule has 0 aliphatic heterocycles. The Kier molecular flexibility index (Phi) is 5.65. The minimum Gasteiger partial charge on any atom is -0.334 e. The van der Waals surface area contributed by atoms with Gasteiger partial charge in [-0.15, -0.1) is 0 Å². The Morgan fingerprint density at radius 2 is 1.76 bits per heavy atom. The molecule has 29 heavy (non-hydrogen) atoms. The predicted molar refractivity (Wildman–Crippen MR) is 119 cm³/mol. The number of halogens is 2. The molecule has 0 unspecified atom stereocenters. The highest BCUT2D eigenvalue weighted by atomic mass is 35.5. The number of nitrogens with zero attached hydrogens (tertiary/aromatic N) is 1. The predicted octanol–water partition coefficient (Wildman–Crippen LogP) is 6.53. The molecule has 0 fully saturated rings. The molecule has 0 aliphatic rings. The molecule has 6 heteroatoms. The molecule has 4 aromatic rings. The molecular formula is C23H17Cl2N3O. The first-order valence-electron chi connectivity index (χ1n) is 9.03. The third kappa shape index (κ3) is 4.34. The third-order valence-corrected chi connectivity index (χ3v) is 5.16. The zero-order valence-electron chi connectivity index (χ0n) is 15.3. The molecule has 0 saturated carbocycles. The topological polar surface area (TPSA) is 54.0 Å². The van der Waals surface area contributed by atoms with Gasteiger partial charge in [-0.3, -0.25) is 4.98 Å². The first-order valence-corrected chi connectivity index (χ1v) is 9.78. The van der Waals surface area contributed by atoms with E-state index >= 15 is 0 Å².